The topological polar surface area (TPSA) is 67.6 Å². The Morgan fingerprint density at radius 2 is 1.53 bits per heavy atom. The van der Waals surface area contributed by atoms with Crippen molar-refractivity contribution in [3.63, 3.8) is 0 Å². The average molecular weight is 260 g/mol. The van der Waals surface area contributed by atoms with E-state index in [4.69, 9.17) is 11.5 Å². The predicted molar refractivity (Wildman–Crippen MR) is 79.4 cm³/mol. The van der Waals surface area contributed by atoms with Gasteiger partial charge in [-0.2, -0.15) is 0 Å². The Kier molecular flexibility index (Phi) is 4.30. The molecule has 0 spiro atoms. The number of nitrogens with zero attached hydrogens (tertiary/aromatic N) is 2. The van der Waals surface area contributed by atoms with E-state index in [1.54, 1.807) is 0 Å². The Labute approximate surface area is 115 Å². The van der Waals surface area contributed by atoms with Gasteiger partial charge in [0.05, 0.1) is 12.1 Å². The zero-order valence-corrected chi connectivity index (χ0v) is 11.8. The van der Waals surface area contributed by atoms with E-state index in [0.29, 0.717) is 12.1 Å². The van der Waals surface area contributed by atoms with Crippen LogP contribution in [0.2, 0.25) is 0 Å². The fourth-order valence-corrected chi connectivity index (χ4v) is 3.02. The summed E-state index contributed by atoms with van der Waals surface area (Å²) in [5.41, 5.74) is 14.0. The van der Waals surface area contributed by atoms with E-state index in [-0.39, 0.29) is 5.96 Å². The lowest BCUT2D eigenvalue weighted by Crippen LogP contribution is -2.30. The standard InChI is InChI=1S/C15H24N4/c1-3-7-13-11-9-5-6-10-12(11)14(8-4-2)19(13)18-15(16)17/h5-6,9-10,13-14H,3-4,7-8H2,1-2H3,(H4,16,17,18). The van der Waals surface area contributed by atoms with Crippen LogP contribution in [0.3, 0.4) is 0 Å². The highest BCUT2D eigenvalue weighted by Gasteiger charge is 2.36. The van der Waals surface area contributed by atoms with Gasteiger partial charge in [0.1, 0.15) is 0 Å². The van der Waals surface area contributed by atoms with Gasteiger partial charge in [0.2, 0.25) is 5.96 Å². The van der Waals surface area contributed by atoms with Gasteiger partial charge >= 0.3 is 0 Å². The minimum Gasteiger partial charge on any atom is -0.369 e. The first-order chi connectivity index (χ1) is 9.19. The van der Waals surface area contributed by atoms with Crippen LogP contribution in [0.4, 0.5) is 0 Å². The second-order valence-electron chi connectivity index (χ2n) is 5.14. The molecule has 0 saturated heterocycles. The van der Waals surface area contributed by atoms with E-state index in [0.717, 1.165) is 25.7 Å². The number of hydrazone groups is 1. The van der Waals surface area contributed by atoms with Crippen molar-refractivity contribution in [2.24, 2.45) is 16.6 Å². The van der Waals surface area contributed by atoms with Crippen LogP contribution in [0.5, 0.6) is 0 Å². The van der Waals surface area contributed by atoms with Gasteiger partial charge in [0.25, 0.3) is 0 Å². The van der Waals surface area contributed by atoms with E-state index in [1.165, 1.54) is 11.1 Å². The van der Waals surface area contributed by atoms with Crippen molar-refractivity contribution >= 4 is 5.96 Å². The number of fused-ring (bicyclic) bond motifs is 1. The maximum absolute atomic E-state index is 5.61. The SMILES string of the molecule is CCCC1c2ccccc2C(CCC)N1N=C(N)N. The van der Waals surface area contributed by atoms with Gasteiger partial charge in [0.15, 0.2) is 0 Å². The second-order valence-corrected chi connectivity index (χ2v) is 5.14. The molecule has 0 fully saturated rings. The number of hydrogen-bond donors (Lipinski definition) is 2. The van der Waals surface area contributed by atoms with Gasteiger partial charge in [-0.3, -0.25) is 5.01 Å². The third-order valence-corrected chi connectivity index (χ3v) is 3.71. The lowest BCUT2D eigenvalue weighted by molar-refractivity contribution is 0.151. The molecule has 19 heavy (non-hydrogen) atoms. The Bertz CT molecular complexity index is 418. The maximum Gasteiger partial charge on any atom is 0.208 e. The molecule has 0 aromatic heterocycles. The molecular formula is C15H24N4. The smallest absolute Gasteiger partial charge is 0.208 e. The highest BCUT2D eigenvalue weighted by atomic mass is 15.5. The van der Waals surface area contributed by atoms with Crippen LogP contribution in [0.15, 0.2) is 29.4 Å². The molecule has 0 bridgehead atoms. The van der Waals surface area contributed by atoms with Crippen LogP contribution in [-0.2, 0) is 0 Å². The third kappa shape index (κ3) is 2.67. The van der Waals surface area contributed by atoms with Crippen LogP contribution in [0, 0.1) is 0 Å². The Morgan fingerprint density at radius 3 is 1.89 bits per heavy atom. The van der Waals surface area contributed by atoms with Crippen LogP contribution in [-0.4, -0.2) is 11.0 Å². The molecule has 1 aromatic carbocycles. The van der Waals surface area contributed by atoms with Gasteiger partial charge < -0.3 is 11.5 Å². The highest BCUT2D eigenvalue weighted by molar-refractivity contribution is 5.75. The number of hydrogen-bond acceptors (Lipinski definition) is 2. The molecular weight excluding hydrogens is 236 g/mol. The number of benzene rings is 1. The molecule has 2 unspecified atom stereocenters. The molecule has 1 aliphatic heterocycles. The van der Waals surface area contributed by atoms with E-state index in [1.807, 2.05) is 0 Å². The molecule has 4 N–H and O–H groups in total. The van der Waals surface area contributed by atoms with E-state index < -0.39 is 0 Å². The van der Waals surface area contributed by atoms with Crippen molar-refractivity contribution in [3.8, 4) is 0 Å². The van der Waals surface area contributed by atoms with Gasteiger partial charge in [-0.15, -0.1) is 5.10 Å². The number of guanidine groups is 1. The molecule has 4 heteroatoms. The van der Waals surface area contributed by atoms with E-state index in [2.05, 4.69) is 48.2 Å². The summed E-state index contributed by atoms with van der Waals surface area (Å²) in [6.45, 7) is 4.40. The molecule has 1 aliphatic rings. The van der Waals surface area contributed by atoms with Crippen molar-refractivity contribution in [2.75, 3.05) is 0 Å². The number of nitrogens with two attached hydrogens (primary N) is 2. The summed E-state index contributed by atoms with van der Waals surface area (Å²) in [6.07, 6.45) is 4.39. The Balaban J connectivity index is 2.42. The summed E-state index contributed by atoms with van der Waals surface area (Å²) >= 11 is 0. The zero-order valence-electron chi connectivity index (χ0n) is 11.8. The minimum atomic E-state index is 0.148. The van der Waals surface area contributed by atoms with E-state index in [9.17, 15) is 0 Å². The van der Waals surface area contributed by atoms with Crippen LogP contribution in [0.25, 0.3) is 0 Å². The fraction of sp³-hybridized carbons (Fsp3) is 0.533. The molecule has 0 saturated carbocycles. The highest BCUT2D eigenvalue weighted by Crippen LogP contribution is 2.46. The Hall–Kier alpha value is -1.71. The fourth-order valence-electron chi connectivity index (χ4n) is 3.02. The first kappa shape index (κ1) is 13.7. The molecule has 104 valence electrons. The first-order valence-electron chi connectivity index (χ1n) is 7.15. The van der Waals surface area contributed by atoms with Gasteiger partial charge in [-0.1, -0.05) is 51.0 Å². The van der Waals surface area contributed by atoms with Crippen molar-refractivity contribution in [3.05, 3.63) is 35.4 Å². The third-order valence-electron chi connectivity index (χ3n) is 3.71. The van der Waals surface area contributed by atoms with Crippen molar-refractivity contribution in [2.45, 2.75) is 51.6 Å². The summed E-state index contributed by atoms with van der Waals surface area (Å²) in [6, 6.07) is 9.23. The first-order valence-corrected chi connectivity index (χ1v) is 7.15. The summed E-state index contributed by atoms with van der Waals surface area (Å²) in [7, 11) is 0. The Morgan fingerprint density at radius 1 is 1.05 bits per heavy atom. The molecule has 1 aromatic rings. The van der Waals surface area contributed by atoms with Gasteiger partial charge in [0, 0.05) is 0 Å². The van der Waals surface area contributed by atoms with Gasteiger partial charge in [-0.05, 0) is 24.0 Å². The zero-order chi connectivity index (χ0) is 13.8. The molecule has 2 atom stereocenters. The van der Waals surface area contributed by atoms with Crippen LogP contribution >= 0.6 is 0 Å². The average Bonchev–Trinajstić information content (AvgIpc) is 2.66. The van der Waals surface area contributed by atoms with Crippen molar-refractivity contribution < 1.29 is 0 Å². The summed E-state index contributed by atoms with van der Waals surface area (Å²) < 4.78 is 0. The maximum atomic E-state index is 5.61. The monoisotopic (exact) mass is 260 g/mol. The summed E-state index contributed by atoms with van der Waals surface area (Å²) in [5.74, 6) is 0.148. The predicted octanol–water partition coefficient (Wildman–Crippen LogP) is 2.87. The molecule has 0 aliphatic carbocycles. The van der Waals surface area contributed by atoms with E-state index >= 15 is 0 Å². The minimum absolute atomic E-state index is 0.148. The van der Waals surface area contributed by atoms with Gasteiger partial charge in [-0.25, -0.2) is 0 Å². The molecule has 2 rings (SSSR count). The van der Waals surface area contributed by atoms with Crippen molar-refractivity contribution in [1.82, 2.24) is 5.01 Å². The molecule has 4 nitrogen and oxygen atoms in total. The largest absolute Gasteiger partial charge is 0.369 e. The lowest BCUT2D eigenvalue weighted by Gasteiger charge is -2.27. The normalized spacial score (nSPS) is 21.3. The van der Waals surface area contributed by atoms with Crippen LogP contribution in [0.1, 0.15) is 62.7 Å². The molecule has 0 amide bonds. The molecule has 0 radical (unpaired) electrons. The second kappa shape index (κ2) is 5.95. The van der Waals surface area contributed by atoms with Crippen LogP contribution < -0.4 is 11.5 Å². The molecule has 1 heterocycles. The quantitative estimate of drug-likeness (QED) is 0.632. The summed E-state index contributed by atoms with van der Waals surface area (Å²) in [4.78, 5) is 0. The number of rotatable bonds is 5. The summed E-state index contributed by atoms with van der Waals surface area (Å²) in [5, 5.41) is 6.51. The van der Waals surface area contributed by atoms with Crippen molar-refractivity contribution in [1.29, 1.82) is 0 Å². The lowest BCUT2D eigenvalue weighted by atomic mass is 9.98.